The molecule has 5 heteroatoms. The van der Waals surface area contributed by atoms with Crippen LogP contribution in [0.5, 0.6) is 0 Å². The molecule has 2 heterocycles. The van der Waals surface area contributed by atoms with E-state index >= 15 is 0 Å². The topological polar surface area (TPSA) is 68.0 Å². The Bertz CT molecular complexity index is 772. The van der Waals surface area contributed by atoms with E-state index in [4.69, 9.17) is 5.11 Å². The van der Waals surface area contributed by atoms with Crippen molar-refractivity contribution in [3.05, 3.63) is 54.0 Å². The molecule has 5 nitrogen and oxygen atoms in total. The van der Waals surface area contributed by atoms with E-state index in [0.717, 1.165) is 22.3 Å². The number of carboxylic acid groups (broad SMARTS) is 1. The van der Waals surface area contributed by atoms with Crippen LogP contribution in [-0.2, 0) is 0 Å². The standard InChI is InChI=1S/C14H11N3O2/c1-9-8-11(14(18)19)16-17(9)12-6-2-4-10-5-3-7-15-13(10)12/h2-8H,1H3,(H,18,19). The van der Waals surface area contributed by atoms with Crippen molar-refractivity contribution < 1.29 is 9.90 Å². The summed E-state index contributed by atoms with van der Waals surface area (Å²) in [5.74, 6) is -1.03. The Morgan fingerprint density at radius 3 is 2.79 bits per heavy atom. The van der Waals surface area contributed by atoms with Crippen molar-refractivity contribution in [2.24, 2.45) is 0 Å². The summed E-state index contributed by atoms with van der Waals surface area (Å²) in [5.41, 5.74) is 2.37. The zero-order valence-electron chi connectivity index (χ0n) is 10.2. The number of hydrogen-bond donors (Lipinski definition) is 1. The number of para-hydroxylation sites is 1. The number of rotatable bonds is 2. The highest BCUT2D eigenvalue weighted by Crippen LogP contribution is 2.21. The minimum atomic E-state index is -1.03. The number of aryl methyl sites for hydroxylation is 1. The van der Waals surface area contributed by atoms with Gasteiger partial charge < -0.3 is 5.11 Å². The second kappa shape index (κ2) is 4.20. The largest absolute Gasteiger partial charge is 0.476 e. The molecule has 0 aliphatic rings. The molecule has 0 atom stereocenters. The monoisotopic (exact) mass is 253 g/mol. The lowest BCUT2D eigenvalue weighted by atomic mass is 10.2. The van der Waals surface area contributed by atoms with Crippen LogP contribution >= 0.6 is 0 Å². The van der Waals surface area contributed by atoms with E-state index in [1.807, 2.05) is 37.3 Å². The molecule has 0 unspecified atom stereocenters. The number of aromatic nitrogens is 3. The molecule has 0 radical (unpaired) electrons. The Labute approximate surface area is 109 Å². The molecule has 0 saturated heterocycles. The molecule has 0 amide bonds. The molecule has 1 N–H and O–H groups in total. The molecule has 1 aromatic carbocycles. The lowest BCUT2D eigenvalue weighted by Crippen LogP contribution is -2.03. The first-order chi connectivity index (χ1) is 9.16. The van der Waals surface area contributed by atoms with Crippen LogP contribution in [0.1, 0.15) is 16.2 Å². The van der Waals surface area contributed by atoms with Gasteiger partial charge in [0, 0.05) is 17.3 Å². The van der Waals surface area contributed by atoms with Gasteiger partial charge in [0.2, 0.25) is 0 Å². The van der Waals surface area contributed by atoms with Gasteiger partial charge in [0.15, 0.2) is 5.69 Å². The van der Waals surface area contributed by atoms with Gasteiger partial charge >= 0.3 is 5.97 Å². The maximum atomic E-state index is 11.0. The van der Waals surface area contributed by atoms with Gasteiger partial charge in [-0.1, -0.05) is 18.2 Å². The van der Waals surface area contributed by atoms with Gasteiger partial charge in [-0.15, -0.1) is 0 Å². The van der Waals surface area contributed by atoms with Crippen molar-refractivity contribution in [2.45, 2.75) is 6.92 Å². The normalized spacial score (nSPS) is 10.8. The summed E-state index contributed by atoms with van der Waals surface area (Å²) >= 11 is 0. The number of fused-ring (bicyclic) bond motifs is 1. The predicted molar refractivity (Wildman–Crippen MR) is 70.6 cm³/mol. The summed E-state index contributed by atoms with van der Waals surface area (Å²) in [6.45, 7) is 1.82. The van der Waals surface area contributed by atoms with E-state index in [1.165, 1.54) is 0 Å². The second-order valence-electron chi connectivity index (χ2n) is 4.24. The Hall–Kier alpha value is -2.69. The number of hydrogen-bond acceptors (Lipinski definition) is 3. The van der Waals surface area contributed by atoms with Crippen LogP contribution in [0, 0.1) is 6.92 Å². The number of carboxylic acids is 1. The molecular weight excluding hydrogens is 242 g/mol. The molecule has 0 aliphatic heterocycles. The highest BCUT2D eigenvalue weighted by Gasteiger charge is 2.13. The summed E-state index contributed by atoms with van der Waals surface area (Å²) in [7, 11) is 0. The van der Waals surface area contributed by atoms with Gasteiger partial charge in [-0.2, -0.15) is 5.10 Å². The highest BCUT2D eigenvalue weighted by atomic mass is 16.4. The van der Waals surface area contributed by atoms with Gasteiger partial charge in [-0.05, 0) is 25.1 Å². The van der Waals surface area contributed by atoms with Crippen molar-refractivity contribution in [3.63, 3.8) is 0 Å². The Morgan fingerprint density at radius 2 is 2.05 bits per heavy atom. The third kappa shape index (κ3) is 1.85. The Kier molecular flexibility index (Phi) is 2.52. The molecule has 3 rings (SSSR count). The van der Waals surface area contributed by atoms with Crippen LogP contribution in [0.2, 0.25) is 0 Å². The third-order valence-corrected chi connectivity index (χ3v) is 2.95. The van der Waals surface area contributed by atoms with Crippen molar-refractivity contribution in [3.8, 4) is 5.69 Å². The van der Waals surface area contributed by atoms with Gasteiger partial charge in [0.05, 0.1) is 11.2 Å². The van der Waals surface area contributed by atoms with Crippen LogP contribution < -0.4 is 0 Å². The predicted octanol–water partition coefficient (Wildman–Crippen LogP) is 2.43. The molecule has 0 saturated carbocycles. The molecule has 2 aromatic heterocycles. The lowest BCUT2D eigenvalue weighted by Gasteiger charge is -2.07. The molecule has 0 spiro atoms. The minimum absolute atomic E-state index is 0.0328. The summed E-state index contributed by atoms with van der Waals surface area (Å²) in [5, 5.41) is 14.1. The van der Waals surface area contributed by atoms with Gasteiger partial charge in [0.1, 0.15) is 0 Å². The molecule has 0 bridgehead atoms. The summed E-state index contributed by atoms with van der Waals surface area (Å²) in [4.78, 5) is 15.3. The average Bonchev–Trinajstić information content (AvgIpc) is 2.80. The number of nitrogens with zero attached hydrogens (tertiary/aromatic N) is 3. The fraction of sp³-hybridized carbons (Fsp3) is 0.0714. The summed E-state index contributed by atoms with van der Waals surface area (Å²) in [6, 6.07) is 11.1. The fourth-order valence-electron chi connectivity index (χ4n) is 2.08. The quantitative estimate of drug-likeness (QED) is 0.761. The number of pyridine rings is 1. The molecule has 3 aromatic rings. The molecule has 94 valence electrons. The van der Waals surface area contributed by atoms with Crippen LogP contribution in [0.4, 0.5) is 0 Å². The Morgan fingerprint density at radius 1 is 1.26 bits per heavy atom. The number of benzene rings is 1. The van der Waals surface area contributed by atoms with E-state index < -0.39 is 5.97 Å². The van der Waals surface area contributed by atoms with Crippen molar-refractivity contribution in [1.82, 2.24) is 14.8 Å². The second-order valence-corrected chi connectivity index (χ2v) is 4.24. The number of aromatic carboxylic acids is 1. The van der Waals surface area contributed by atoms with Crippen LogP contribution in [0.15, 0.2) is 42.6 Å². The zero-order chi connectivity index (χ0) is 13.4. The van der Waals surface area contributed by atoms with E-state index in [-0.39, 0.29) is 5.69 Å². The first kappa shape index (κ1) is 11.4. The van der Waals surface area contributed by atoms with Crippen LogP contribution in [0.3, 0.4) is 0 Å². The molecule has 0 aliphatic carbocycles. The maximum Gasteiger partial charge on any atom is 0.356 e. The van der Waals surface area contributed by atoms with E-state index in [9.17, 15) is 4.79 Å². The SMILES string of the molecule is Cc1cc(C(=O)O)nn1-c1cccc2cccnc12. The average molecular weight is 253 g/mol. The zero-order valence-corrected chi connectivity index (χ0v) is 10.2. The summed E-state index contributed by atoms with van der Waals surface area (Å²) < 4.78 is 1.61. The highest BCUT2D eigenvalue weighted by molar-refractivity contribution is 5.87. The first-order valence-corrected chi connectivity index (χ1v) is 5.81. The van der Waals surface area contributed by atoms with Gasteiger partial charge in [-0.3, -0.25) is 4.98 Å². The van der Waals surface area contributed by atoms with Crippen LogP contribution in [-0.4, -0.2) is 25.8 Å². The maximum absolute atomic E-state index is 11.0. The Balaban J connectivity index is 2.27. The minimum Gasteiger partial charge on any atom is -0.476 e. The summed E-state index contributed by atoms with van der Waals surface area (Å²) in [6.07, 6.45) is 1.71. The van der Waals surface area contributed by atoms with E-state index in [2.05, 4.69) is 10.1 Å². The fourth-order valence-corrected chi connectivity index (χ4v) is 2.08. The number of carbonyl (C=O) groups is 1. The van der Waals surface area contributed by atoms with E-state index in [0.29, 0.717) is 0 Å². The molecular formula is C14H11N3O2. The van der Waals surface area contributed by atoms with Crippen molar-refractivity contribution in [1.29, 1.82) is 0 Å². The van der Waals surface area contributed by atoms with Crippen LogP contribution in [0.25, 0.3) is 16.6 Å². The van der Waals surface area contributed by atoms with Crippen molar-refractivity contribution >= 4 is 16.9 Å². The molecule has 0 fully saturated rings. The smallest absolute Gasteiger partial charge is 0.356 e. The van der Waals surface area contributed by atoms with E-state index in [1.54, 1.807) is 16.9 Å². The third-order valence-electron chi connectivity index (χ3n) is 2.95. The lowest BCUT2D eigenvalue weighted by molar-refractivity contribution is 0.0690. The van der Waals surface area contributed by atoms with Gasteiger partial charge in [-0.25, -0.2) is 9.48 Å². The first-order valence-electron chi connectivity index (χ1n) is 5.81. The van der Waals surface area contributed by atoms with Gasteiger partial charge in [0.25, 0.3) is 0 Å². The van der Waals surface area contributed by atoms with Crippen molar-refractivity contribution in [2.75, 3.05) is 0 Å². The molecule has 19 heavy (non-hydrogen) atoms.